The van der Waals surface area contributed by atoms with Crippen molar-refractivity contribution in [1.82, 2.24) is 19.6 Å². The van der Waals surface area contributed by atoms with Gasteiger partial charge in [-0.15, -0.1) is 0 Å². The standard InChI is InChI=1S/C35H55N6O9P/c1-4-5-6-7-8-9-10-11-12-13-14-15-20-47-23-28(50-31-21-27(22-36)18-19-38-31)24-48-51(44,45)49-25-35(2,46-3)33(43)32(42)29-16-17-30-34(37)39-26-40-41(29)30/h16-19,21,26,28,32-33,42-43H,4-15,20,23-25H2,1-3H3,(H,44,45)(H2,37,39,40)/t28-,32+,33+,35-/m1/s1. The van der Waals surface area contributed by atoms with Crippen molar-refractivity contribution < 1.29 is 42.9 Å². The summed E-state index contributed by atoms with van der Waals surface area (Å²) < 4.78 is 42.0. The van der Waals surface area contributed by atoms with E-state index in [4.69, 9.17) is 29.0 Å². The minimum atomic E-state index is -4.75. The van der Waals surface area contributed by atoms with Crippen LogP contribution < -0.4 is 10.5 Å². The van der Waals surface area contributed by atoms with Crippen LogP contribution in [-0.2, 0) is 23.1 Å². The number of anilines is 1. The number of unbranched alkanes of at least 4 members (excludes halogenated alkanes) is 11. The van der Waals surface area contributed by atoms with Crippen molar-refractivity contribution in [3.8, 4) is 11.9 Å². The van der Waals surface area contributed by atoms with E-state index in [0.29, 0.717) is 17.7 Å². The van der Waals surface area contributed by atoms with Gasteiger partial charge in [0, 0.05) is 26.0 Å². The zero-order valence-electron chi connectivity index (χ0n) is 30.1. The Balaban J connectivity index is 1.49. The lowest BCUT2D eigenvalue weighted by atomic mass is 9.93. The van der Waals surface area contributed by atoms with E-state index in [0.717, 1.165) is 19.3 Å². The fraction of sp³-hybridized carbons (Fsp3) is 0.657. The zero-order chi connectivity index (χ0) is 37.1. The highest BCUT2D eigenvalue weighted by molar-refractivity contribution is 7.47. The van der Waals surface area contributed by atoms with Gasteiger partial charge in [0.15, 0.2) is 5.82 Å². The predicted molar refractivity (Wildman–Crippen MR) is 191 cm³/mol. The Labute approximate surface area is 300 Å². The highest BCUT2D eigenvalue weighted by Crippen LogP contribution is 2.45. The number of hydrogen-bond donors (Lipinski definition) is 4. The van der Waals surface area contributed by atoms with Crippen molar-refractivity contribution in [1.29, 1.82) is 5.26 Å². The maximum Gasteiger partial charge on any atom is 0.472 e. The van der Waals surface area contributed by atoms with Crippen molar-refractivity contribution >= 4 is 19.2 Å². The average Bonchev–Trinajstić information content (AvgIpc) is 3.58. The van der Waals surface area contributed by atoms with Crippen molar-refractivity contribution in [3.63, 3.8) is 0 Å². The molecule has 1 unspecified atom stereocenters. The second-order valence-corrected chi connectivity index (χ2v) is 14.3. The number of aromatic nitrogens is 4. The summed E-state index contributed by atoms with van der Waals surface area (Å²) in [5, 5.41) is 35.4. The van der Waals surface area contributed by atoms with E-state index in [-0.39, 0.29) is 24.0 Å². The van der Waals surface area contributed by atoms with Crippen LogP contribution in [0.5, 0.6) is 5.88 Å². The van der Waals surface area contributed by atoms with Gasteiger partial charge >= 0.3 is 7.82 Å². The minimum Gasteiger partial charge on any atom is -0.469 e. The van der Waals surface area contributed by atoms with Gasteiger partial charge in [0.05, 0.1) is 37.1 Å². The molecule has 3 heterocycles. The number of aliphatic hydroxyl groups is 2. The summed E-state index contributed by atoms with van der Waals surface area (Å²) in [5.41, 5.74) is 5.15. The van der Waals surface area contributed by atoms with Gasteiger partial charge in [-0.25, -0.2) is 19.0 Å². The molecule has 0 fully saturated rings. The number of nitriles is 1. The largest absolute Gasteiger partial charge is 0.472 e. The Hall–Kier alpha value is -3.19. The fourth-order valence-corrected chi connectivity index (χ4v) is 6.32. The first-order chi connectivity index (χ1) is 24.5. The number of nitrogen functional groups attached to an aromatic ring is 1. The molecule has 5 N–H and O–H groups in total. The quantitative estimate of drug-likeness (QED) is 0.0548. The average molecular weight is 735 g/mol. The van der Waals surface area contributed by atoms with Gasteiger partial charge in [-0.3, -0.25) is 9.05 Å². The summed E-state index contributed by atoms with van der Waals surface area (Å²) in [6.45, 7) is 3.08. The van der Waals surface area contributed by atoms with Gasteiger partial charge in [-0.1, -0.05) is 77.6 Å². The third-order valence-corrected chi connectivity index (χ3v) is 9.67. The number of ether oxygens (including phenoxy) is 3. The molecule has 0 bridgehead atoms. The van der Waals surface area contributed by atoms with Crippen LogP contribution in [0, 0.1) is 11.3 Å². The van der Waals surface area contributed by atoms with Crippen LogP contribution in [0.4, 0.5) is 5.82 Å². The molecule has 3 aromatic heterocycles. The predicted octanol–water partition coefficient (Wildman–Crippen LogP) is 5.68. The third-order valence-electron chi connectivity index (χ3n) is 8.74. The number of aliphatic hydroxyl groups excluding tert-OH is 2. The summed E-state index contributed by atoms with van der Waals surface area (Å²) >= 11 is 0. The van der Waals surface area contributed by atoms with E-state index in [1.54, 1.807) is 6.07 Å². The van der Waals surface area contributed by atoms with E-state index < -0.39 is 44.9 Å². The summed E-state index contributed by atoms with van der Waals surface area (Å²) in [5.74, 6) is 0.305. The Kier molecular flexibility index (Phi) is 18.2. The van der Waals surface area contributed by atoms with Crippen LogP contribution in [0.3, 0.4) is 0 Å². The molecule has 16 heteroatoms. The molecule has 0 aliphatic heterocycles. The first-order valence-corrected chi connectivity index (χ1v) is 19.2. The van der Waals surface area contributed by atoms with Crippen LogP contribution >= 0.6 is 7.82 Å². The van der Waals surface area contributed by atoms with Crippen LogP contribution in [0.1, 0.15) is 108 Å². The molecule has 51 heavy (non-hydrogen) atoms. The molecule has 0 aliphatic carbocycles. The Morgan fingerprint density at radius 3 is 2.29 bits per heavy atom. The highest BCUT2D eigenvalue weighted by atomic mass is 31.2. The van der Waals surface area contributed by atoms with Gasteiger partial charge in [0.1, 0.15) is 35.8 Å². The fourth-order valence-electron chi connectivity index (χ4n) is 5.47. The molecule has 0 radical (unpaired) electrons. The van der Waals surface area contributed by atoms with Crippen LogP contribution in [0.2, 0.25) is 0 Å². The molecule has 5 atom stereocenters. The molecular formula is C35H55N6O9P. The van der Waals surface area contributed by atoms with Crippen LogP contribution in [0.15, 0.2) is 36.8 Å². The lowest BCUT2D eigenvalue weighted by Crippen LogP contribution is -2.48. The number of nitrogens with two attached hydrogens (primary N) is 1. The first-order valence-electron chi connectivity index (χ1n) is 17.8. The Morgan fingerprint density at radius 1 is 0.980 bits per heavy atom. The topological polar surface area (TPSA) is 217 Å². The normalized spacial score (nSPS) is 15.9. The SMILES string of the molecule is CCCCCCCCCCCCCCOC[C@H](COP(=O)(O)OC[C@@](C)(OC)[C@@H](O)[C@@H](O)c1ccc2c(N)ncnn12)Oc1cc(C#N)ccn1. The van der Waals surface area contributed by atoms with Gasteiger partial charge in [0.2, 0.25) is 5.88 Å². The van der Waals surface area contributed by atoms with Crippen molar-refractivity contribution in [2.75, 3.05) is 39.3 Å². The van der Waals surface area contributed by atoms with E-state index in [1.807, 2.05) is 6.07 Å². The van der Waals surface area contributed by atoms with Crippen LogP contribution in [-0.4, -0.2) is 86.0 Å². The van der Waals surface area contributed by atoms with Gasteiger partial charge < -0.3 is 35.1 Å². The molecule has 0 spiro atoms. The van der Waals surface area contributed by atoms with Crippen molar-refractivity contribution in [2.24, 2.45) is 0 Å². The second kappa shape index (κ2) is 22.0. The molecule has 0 amide bonds. The number of hydrogen-bond acceptors (Lipinski definition) is 13. The number of nitrogens with zero attached hydrogens (tertiary/aromatic N) is 5. The second-order valence-electron chi connectivity index (χ2n) is 12.8. The number of rotatable bonds is 27. The molecule has 284 valence electrons. The van der Waals surface area contributed by atoms with Gasteiger partial charge in [0.25, 0.3) is 0 Å². The monoisotopic (exact) mass is 734 g/mol. The van der Waals surface area contributed by atoms with Crippen molar-refractivity contribution in [3.05, 3.63) is 48.0 Å². The Morgan fingerprint density at radius 2 is 1.65 bits per heavy atom. The molecule has 3 rings (SSSR count). The number of pyridine rings is 1. The van der Waals surface area contributed by atoms with Crippen molar-refractivity contribution in [2.45, 2.75) is 115 Å². The summed E-state index contributed by atoms with van der Waals surface area (Å²) in [7, 11) is -3.49. The zero-order valence-corrected chi connectivity index (χ0v) is 31.0. The lowest BCUT2D eigenvalue weighted by molar-refractivity contribution is -0.154. The van der Waals surface area contributed by atoms with E-state index >= 15 is 0 Å². The molecule has 0 saturated carbocycles. The lowest BCUT2D eigenvalue weighted by Gasteiger charge is -2.35. The molecule has 0 saturated heterocycles. The maximum atomic E-state index is 13.0. The number of fused-ring (bicyclic) bond motifs is 1. The smallest absolute Gasteiger partial charge is 0.469 e. The third kappa shape index (κ3) is 14.0. The summed E-state index contributed by atoms with van der Waals surface area (Å²) in [6.07, 6.45) is 13.3. The number of phosphoric acid groups is 1. The molecule has 0 aliphatic rings. The van der Waals surface area contributed by atoms with E-state index in [1.165, 1.54) is 107 Å². The number of phosphoric ester groups is 1. The van der Waals surface area contributed by atoms with E-state index in [2.05, 4.69) is 22.0 Å². The van der Waals surface area contributed by atoms with Gasteiger partial charge in [-0.05, 0) is 31.5 Å². The van der Waals surface area contributed by atoms with Crippen LogP contribution in [0.25, 0.3) is 5.52 Å². The highest BCUT2D eigenvalue weighted by Gasteiger charge is 2.42. The van der Waals surface area contributed by atoms with E-state index in [9.17, 15) is 24.9 Å². The Bertz CT molecular complexity index is 1540. The maximum absolute atomic E-state index is 13.0. The molecule has 3 aromatic rings. The first kappa shape index (κ1) is 42.2. The summed E-state index contributed by atoms with van der Waals surface area (Å²) in [4.78, 5) is 18.6. The molecule has 15 nitrogen and oxygen atoms in total. The van der Waals surface area contributed by atoms with Gasteiger partial charge in [-0.2, -0.15) is 10.4 Å². The number of methoxy groups -OCH3 is 1. The molecular weight excluding hydrogens is 679 g/mol. The molecule has 0 aromatic carbocycles. The summed E-state index contributed by atoms with van der Waals surface area (Å²) in [6, 6.07) is 8.09. The minimum absolute atomic E-state index is 0.0243.